The van der Waals surface area contributed by atoms with Crippen LogP contribution >= 0.6 is 11.6 Å². The summed E-state index contributed by atoms with van der Waals surface area (Å²) in [6.07, 6.45) is 0. The molecule has 0 saturated heterocycles. The molecule has 0 bridgehead atoms. The SMILES string of the molecule is Cc1cc(Nc2nc(Cl)nc(Nc3cccc([SH](=O)=O)c3)n2)ccc1S(=O)(=O)O. The van der Waals surface area contributed by atoms with Crippen molar-refractivity contribution >= 4 is 55.7 Å². The first-order chi connectivity index (χ1) is 13.6. The molecule has 1 heterocycles. The minimum absolute atomic E-state index is 0.0667. The lowest BCUT2D eigenvalue weighted by atomic mass is 10.2. The van der Waals surface area contributed by atoms with Crippen molar-refractivity contribution in [2.24, 2.45) is 0 Å². The average Bonchev–Trinajstić information content (AvgIpc) is 2.60. The van der Waals surface area contributed by atoms with Gasteiger partial charge in [0.25, 0.3) is 10.1 Å². The van der Waals surface area contributed by atoms with Crippen molar-refractivity contribution in [3.63, 3.8) is 0 Å². The van der Waals surface area contributed by atoms with Crippen molar-refractivity contribution in [3.8, 4) is 0 Å². The van der Waals surface area contributed by atoms with Gasteiger partial charge in [-0.25, -0.2) is 8.42 Å². The maximum atomic E-state index is 11.3. The topological polar surface area (TPSA) is 151 Å². The molecule has 152 valence electrons. The van der Waals surface area contributed by atoms with E-state index < -0.39 is 20.8 Å². The van der Waals surface area contributed by atoms with Crippen molar-refractivity contribution < 1.29 is 21.4 Å². The Kier molecular flexibility index (Phi) is 5.98. The van der Waals surface area contributed by atoms with Crippen LogP contribution in [0.15, 0.2) is 52.3 Å². The number of benzene rings is 2. The van der Waals surface area contributed by atoms with Crippen LogP contribution in [0, 0.1) is 6.92 Å². The normalized spacial score (nSPS) is 11.4. The Morgan fingerprint density at radius 1 is 0.966 bits per heavy atom. The summed E-state index contributed by atoms with van der Waals surface area (Å²) < 4.78 is 54.0. The first-order valence-electron chi connectivity index (χ1n) is 7.90. The molecule has 10 nitrogen and oxygen atoms in total. The summed E-state index contributed by atoms with van der Waals surface area (Å²) in [4.78, 5) is 11.9. The molecule has 29 heavy (non-hydrogen) atoms. The summed E-state index contributed by atoms with van der Waals surface area (Å²) in [6, 6.07) is 10.2. The van der Waals surface area contributed by atoms with Gasteiger partial charge in [0.05, 0.1) is 9.79 Å². The summed E-state index contributed by atoms with van der Waals surface area (Å²) in [5, 5.41) is 5.58. The average molecular weight is 456 g/mol. The Hall–Kier alpha value is -2.80. The van der Waals surface area contributed by atoms with Gasteiger partial charge in [-0.05, 0) is 60.5 Å². The van der Waals surface area contributed by atoms with E-state index in [2.05, 4.69) is 25.6 Å². The van der Waals surface area contributed by atoms with Gasteiger partial charge in [0.2, 0.25) is 17.2 Å². The standard InChI is InChI=1S/C16H14ClN5O5S2/c1-9-7-11(5-6-13(9)29(25,26)27)19-16-21-14(17)20-15(22-16)18-10-3-2-4-12(8-10)28(23)24/h2-8,28H,1H3,(H,25,26,27)(H2,18,19,20,21,22). The van der Waals surface area contributed by atoms with Crippen LogP contribution in [0.5, 0.6) is 0 Å². The second-order valence-corrected chi connectivity index (χ2v) is 8.52. The molecule has 1 aromatic heterocycles. The maximum Gasteiger partial charge on any atom is 0.294 e. The monoisotopic (exact) mass is 455 g/mol. The number of anilines is 4. The first-order valence-corrected chi connectivity index (χ1v) is 10.9. The van der Waals surface area contributed by atoms with Gasteiger partial charge in [-0.2, -0.15) is 23.4 Å². The number of rotatable bonds is 6. The lowest BCUT2D eigenvalue weighted by Crippen LogP contribution is -2.05. The number of hydrogen-bond acceptors (Lipinski definition) is 9. The van der Waals surface area contributed by atoms with Crippen LogP contribution in [0.4, 0.5) is 23.3 Å². The van der Waals surface area contributed by atoms with Gasteiger partial charge >= 0.3 is 0 Å². The van der Waals surface area contributed by atoms with Crippen LogP contribution in [-0.4, -0.2) is 36.3 Å². The fourth-order valence-corrected chi connectivity index (χ4v) is 3.75. The molecule has 0 fully saturated rings. The lowest BCUT2D eigenvalue weighted by molar-refractivity contribution is 0.482. The molecule has 0 radical (unpaired) electrons. The zero-order valence-corrected chi connectivity index (χ0v) is 17.2. The molecule has 0 aliphatic rings. The minimum Gasteiger partial charge on any atom is -0.324 e. The zero-order chi connectivity index (χ0) is 21.2. The van der Waals surface area contributed by atoms with E-state index in [-0.39, 0.29) is 27.0 Å². The van der Waals surface area contributed by atoms with Crippen molar-refractivity contribution in [3.05, 3.63) is 53.3 Å². The minimum atomic E-state index is -4.32. The second-order valence-electron chi connectivity index (χ2n) is 5.76. The number of hydrogen-bond donors (Lipinski definition) is 4. The molecule has 3 N–H and O–H groups in total. The highest BCUT2D eigenvalue weighted by atomic mass is 35.5. The van der Waals surface area contributed by atoms with Gasteiger partial charge in [-0.3, -0.25) is 4.55 Å². The van der Waals surface area contributed by atoms with E-state index in [0.717, 1.165) is 0 Å². The van der Waals surface area contributed by atoms with E-state index >= 15 is 0 Å². The van der Waals surface area contributed by atoms with Crippen LogP contribution in [0.1, 0.15) is 5.56 Å². The third-order valence-electron chi connectivity index (χ3n) is 3.63. The first kappa shape index (κ1) is 20.9. The zero-order valence-electron chi connectivity index (χ0n) is 14.7. The highest BCUT2D eigenvalue weighted by Crippen LogP contribution is 2.23. The Morgan fingerprint density at radius 2 is 1.59 bits per heavy atom. The van der Waals surface area contributed by atoms with E-state index in [1.807, 2.05) is 0 Å². The molecule has 2 aromatic carbocycles. The van der Waals surface area contributed by atoms with Gasteiger partial charge in [0.1, 0.15) is 0 Å². The Bertz CT molecular complexity index is 1260. The molecule has 0 atom stereocenters. The summed E-state index contributed by atoms with van der Waals surface area (Å²) >= 11 is 5.93. The molecular formula is C16H14ClN5O5S2. The lowest BCUT2D eigenvalue weighted by Gasteiger charge is -2.10. The van der Waals surface area contributed by atoms with Crippen LogP contribution in [0.2, 0.25) is 5.28 Å². The van der Waals surface area contributed by atoms with Crippen molar-refractivity contribution in [2.75, 3.05) is 10.6 Å². The molecule has 0 unspecified atom stereocenters. The van der Waals surface area contributed by atoms with Crippen LogP contribution < -0.4 is 10.6 Å². The Morgan fingerprint density at radius 3 is 2.14 bits per heavy atom. The number of nitrogens with one attached hydrogen (secondary N) is 2. The molecule has 0 aliphatic heterocycles. The third kappa shape index (κ3) is 5.38. The van der Waals surface area contributed by atoms with Gasteiger partial charge < -0.3 is 10.6 Å². The molecule has 3 aromatic rings. The largest absolute Gasteiger partial charge is 0.324 e. The number of aryl methyl sites for hydroxylation is 1. The summed E-state index contributed by atoms with van der Waals surface area (Å²) in [6.45, 7) is 1.52. The molecule has 3 rings (SSSR count). The Balaban J connectivity index is 1.86. The van der Waals surface area contributed by atoms with Gasteiger partial charge in [0, 0.05) is 11.4 Å². The van der Waals surface area contributed by atoms with Crippen LogP contribution in [0.3, 0.4) is 0 Å². The van der Waals surface area contributed by atoms with E-state index in [4.69, 9.17) is 11.6 Å². The van der Waals surface area contributed by atoms with Crippen molar-refractivity contribution in [1.82, 2.24) is 15.0 Å². The van der Waals surface area contributed by atoms with Crippen LogP contribution in [-0.2, 0) is 20.8 Å². The van der Waals surface area contributed by atoms with E-state index in [1.165, 1.54) is 37.3 Å². The number of thiol groups is 1. The number of halogens is 1. The number of nitrogens with zero attached hydrogens (tertiary/aromatic N) is 3. The Labute approximate surface area is 172 Å². The predicted octanol–water partition coefficient (Wildman–Crippen LogP) is 2.54. The molecular weight excluding hydrogens is 442 g/mol. The fraction of sp³-hybridized carbons (Fsp3) is 0.0625. The van der Waals surface area contributed by atoms with Gasteiger partial charge in [-0.15, -0.1) is 0 Å². The fourth-order valence-electron chi connectivity index (χ4n) is 2.43. The summed E-state index contributed by atoms with van der Waals surface area (Å²) in [5.41, 5.74) is 1.20. The molecule has 0 amide bonds. The molecule has 0 spiro atoms. The highest BCUT2D eigenvalue weighted by molar-refractivity contribution is 7.85. The van der Waals surface area contributed by atoms with Gasteiger partial charge in [0.15, 0.2) is 10.7 Å². The van der Waals surface area contributed by atoms with E-state index in [9.17, 15) is 21.4 Å². The van der Waals surface area contributed by atoms with Crippen LogP contribution in [0.25, 0.3) is 0 Å². The molecule has 0 saturated carbocycles. The van der Waals surface area contributed by atoms with Crippen molar-refractivity contribution in [2.45, 2.75) is 16.7 Å². The van der Waals surface area contributed by atoms with Gasteiger partial charge in [-0.1, -0.05) is 6.07 Å². The quantitative estimate of drug-likeness (QED) is 0.322. The maximum absolute atomic E-state index is 11.3. The molecule has 0 aliphatic carbocycles. The summed E-state index contributed by atoms with van der Waals surface area (Å²) in [5.74, 6) is 0.134. The second kappa shape index (κ2) is 8.29. The highest BCUT2D eigenvalue weighted by Gasteiger charge is 2.14. The third-order valence-corrected chi connectivity index (χ3v) is 5.51. The molecule has 13 heteroatoms. The predicted molar refractivity (Wildman–Crippen MR) is 107 cm³/mol. The summed E-state index contributed by atoms with van der Waals surface area (Å²) in [7, 11) is -7.06. The van der Waals surface area contributed by atoms with Crippen molar-refractivity contribution in [1.29, 1.82) is 0 Å². The van der Waals surface area contributed by atoms with E-state index in [1.54, 1.807) is 12.1 Å². The number of aromatic nitrogens is 3. The smallest absolute Gasteiger partial charge is 0.294 e. The van der Waals surface area contributed by atoms with E-state index in [0.29, 0.717) is 16.9 Å².